The fraction of sp³-hybridized carbons (Fsp3) is 0.611. The molecule has 1 unspecified atom stereocenters. The molecule has 0 saturated carbocycles. The molecule has 3 heteroatoms. The Morgan fingerprint density at radius 2 is 1.90 bits per heavy atom. The van der Waals surface area contributed by atoms with E-state index in [-0.39, 0.29) is 12.0 Å². The fourth-order valence-electron chi connectivity index (χ4n) is 2.37. The van der Waals surface area contributed by atoms with Crippen LogP contribution in [-0.4, -0.2) is 25.7 Å². The largest absolute Gasteiger partial charge is 0.469 e. The summed E-state index contributed by atoms with van der Waals surface area (Å²) in [5.74, 6) is -0.145. The van der Waals surface area contributed by atoms with E-state index < -0.39 is 0 Å². The maximum atomic E-state index is 11.5. The summed E-state index contributed by atoms with van der Waals surface area (Å²) in [6.45, 7) is 5.26. The lowest BCUT2D eigenvalue weighted by Gasteiger charge is -2.18. The lowest BCUT2D eigenvalue weighted by atomic mass is 10.0. The molecule has 1 N–H and O–H groups in total. The molecule has 0 amide bonds. The highest BCUT2D eigenvalue weighted by molar-refractivity contribution is 5.70. The summed E-state index contributed by atoms with van der Waals surface area (Å²) in [6.07, 6.45) is 6.23. The Morgan fingerprint density at radius 1 is 1.19 bits per heavy atom. The monoisotopic (exact) mass is 291 g/mol. The Hall–Kier alpha value is -1.35. The van der Waals surface area contributed by atoms with Crippen molar-refractivity contribution in [1.29, 1.82) is 0 Å². The van der Waals surface area contributed by atoms with Crippen LogP contribution in [0.4, 0.5) is 0 Å². The highest BCUT2D eigenvalue weighted by atomic mass is 16.5. The van der Waals surface area contributed by atoms with E-state index in [1.807, 2.05) is 0 Å². The molecule has 1 aromatic carbocycles. The van der Waals surface area contributed by atoms with E-state index in [9.17, 15) is 4.79 Å². The fourth-order valence-corrected chi connectivity index (χ4v) is 2.37. The van der Waals surface area contributed by atoms with Crippen LogP contribution in [0.25, 0.3) is 0 Å². The molecule has 1 rings (SSSR count). The van der Waals surface area contributed by atoms with Crippen molar-refractivity contribution in [3.05, 3.63) is 35.4 Å². The quantitative estimate of drug-likeness (QED) is 0.528. The standard InChI is InChI=1S/C18H29NO2/c1-4-5-6-7-12-19-17(14-18(20)21-3)13-16-10-8-15(2)9-11-16/h8-11,17,19H,4-7,12-14H2,1-3H3. The maximum absolute atomic E-state index is 11.5. The summed E-state index contributed by atoms with van der Waals surface area (Å²) < 4.78 is 4.80. The van der Waals surface area contributed by atoms with Gasteiger partial charge in [-0.05, 0) is 31.9 Å². The molecule has 0 heterocycles. The van der Waals surface area contributed by atoms with Crippen molar-refractivity contribution in [2.45, 2.75) is 58.4 Å². The third kappa shape index (κ3) is 7.86. The van der Waals surface area contributed by atoms with Crippen LogP contribution in [0, 0.1) is 6.92 Å². The van der Waals surface area contributed by atoms with Gasteiger partial charge in [-0.25, -0.2) is 0 Å². The number of hydrogen-bond donors (Lipinski definition) is 1. The lowest BCUT2D eigenvalue weighted by molar-refractivity contribution is -0.141. The van der Waals surface area contributed by atoms with E-state index in [2.05, 4.69) is 43.4 Å². The van der Waals surface area contributed by atoms with E-state index >= 15 is 0 Å². The second-order valence-electron chi connectivity index (χ2n) is 5.68. The van der Waals surface area contributed by atoms with Crippen LogP contribution in [0.1, 0.15) is 50.2 Å². The first-order chi connectivity index (χ1) is 10.2. The van der Waals surface area contributed by atoms with E-state index in [1.54, 1.807) is 0 Å². The third-order valence-corrected chi connectivity index (χ3v) is 3.71. The molecule has 118 valence electrons. The number of benzene rings is 1. The van der Waals surface area contributed by atoms with Crippen LogP contribution >= 0.6 is 0 Å². The predicted octanol–water partition coefficient (Wildman–Crippen LogP) is 3.64. The predicted molar refractivity (Wildman–Crippen MR) is 87.4 cm³/mol. The number of rotatable bonds is 10. The van der Waals surface area contributed by atoms with Gasteiger partial charge in [-0.3, -0.25) is 4.79 Å². The van der Waals surface area contributed by atoms with Gasteiger partial charge in [0.25, 0.3) is 0 Å². The van der Waals surface area contributed by atoms with E-state index in [0.29, 0.717) is 6.42 Å². The summed E-state index contributed by atoms with van der Waals surface area (Å²) in [7, 11) is 1.45. The maximum Gasteiger partial charge on any atom is 0.307 e. The van der Waals surface area contributed by atoms with Gasteiger partial charge < -0.3 is 10.1 Å². The van der Waals surface area contributed by atoms with Gasteiger partial charge in [0.1, 0.15) is 0 Å². The molecule has 0 fully saturated rings. The lowest BCUT2D eigenvalue weighted by Crippen LogP contribution is -2.34. The Morgan fingerprint density at radius 3 is 2.52 bits per heavy atom. The number of ether oxygens (including phenoxy) is 1. The van der Waals surface area contributed by atoms with Crippen molar-refractivity contribution in [1.82, 2.24) is 5.32 Å². The Kier molecular flexibility index (Phi) is 8.76. The number of unbranched alkanes of at least 4 members (excludes halogenated alkanes) is 3. The van der Waals surface area contributed by atoms with Gasteiger partial charge in [-0.2, -0.15) is 0 Å². The van der Waals surface area contributed by atoms with Crippen LogP contribution in [0.15, 0.2) is 24.3 Å². The van der Waals surface area contributed by atoms with Crippen molar-refractivity contribution in [3.8, 4) is 0 Å². The normalized spacial score (nSPS) is 12.1. The molecule has 0 spiro atoms. The smallest absolute Gasteiger partial charge is 0.307 e. The minimum absolute atomic E-state index is 0.145. The molecular formula is C18H29NO2. The van der Waals surface area contributed by atoms with Crippen LogP contribution in [0.3, 0.4) is 0 Å². The highest BCUT2D eigenvalue weighted by Crippen LogP contribution is 2.09. The molecule has 0 aliphatic rings. The molecule has 1 aromatic rings. The molecule has 0 radical (unpaired) electrons. The molecular weight excluding hydrogens is 262 g/mol. The van der Waals surface area contributed by atoms with Crippen molar-refractivity contribution in [2.75, 3.05) is 13.7 Å². The van der Waals surface area contributed by atoms with Crippen LogP contribution in [0.5, 0.6) is 0 Å². The molecule has 3 nitrogen and oxygen atoms in total. The number of esters is 1. The summed E-state index contributed by atoms with van der Waals surface area (Å²) in [5, 5.41) is 3.51. The molecule has 0 aromatic heterocycles. The van der Waals surface area contributed by atoms with Crippen LogP contribution in [0.2, 0.25) is 0 Å². The van der Waals surface area contributed by atoms with Gasteiger partial charge in [0.15, 0.2) is 0 Å². The van der Waals surface area contributed by atoms with Crippen LogP contribution in [-0.2, 0) is 16.0 Å². The van der Waals surface area contributed by atoms with Gasteiger partial charge in [0.2, 0.25) is 0 Å². The zero-order chi connectivity index (χ0) is 15.5. The average Bonchev–Trinajstić information content (AvgIpc) is 2.49. The molecule has 0 saturated heterocycles. The number of nitrogens with one attached hydrogen (secondary N) is 1. The van der Waals surface area contributed by atoms with Crippen molar-refractivity contribution in [2.24, 2.45) is 0 Å². The number of carbonyl (C=O) groups excluding carboxylic acids is 1. The van der Waals surface area contributed by atoms with Gasteiger partial charge >= 0.3 is 5.97 Å². The van der Waals surface area contributed by atoms with Crippen LogP contribution < -0.4 is 5.32 Å². The summed E-state index contributed by atoms with van der Waals surface area (Å²) in [6, 6.07) is 8.66. The Bertz CT molecular complexity index is 400. The molecule has 0 aliphatic heterocycles. The van der Waals surface area contributed by atoms with Crippen molar-refractivity contribution in [3.63, 3.8) is 0 Å². The summed E-state index contributed by atoms with van der Waals surface area (Å²) in [5.41, 5.74) is 2.52. The van der Waals surface area contributed by atoms with E-state index in [4.69, 9.17) is 4.74 Å². The second kappa shape index (κ2) is 10.4. The molecule has 21 heavy (non-hydrogen) atoms. The number of carbonyl (C=O) groups is 1. The first-order valence-electron chi connectivity index (χ1n) is 8.01. The zero-order valence-corrected chi connectivity index (χ0v) is 13.7. The minimum Gasteiger partial charge on any atom is -0.469 e. The minimum atomic E-state index is -0.145. The Balaban J connectivity index is 2.47. The molecule has 1 atom stereocenters. The second-order valence-corrected chi connectivity index (χ2v) is 5.68. The third-order valence-electron chi connectivity index (χ3n) is 3.71. The Labute approximate surface area is 129 Å². The molecule has 0 bridgehead atoms. The zero-order valence-electron chi connectivity index (χ0n) is 13.7. The SMILES string of the molecule is CCCCCCNC(CC(=O)OC)Cc1ccc(C)cc1. The van der Waals surface area contributed by atoms with Gasteiger partial charge in [-0.15, -0.1) is 0 Å². The summed E-state index contributed by atoms with van der Waals surface area (Å²) in [4.78, 5) is 11.5. The molecule has 0 aliphatic carbocycles. The van der Waals surface area contributed by atoms with Crippen molar-refractivity contribution >= 4 is 5.97 Å². The first-order valence-corrected chi connectivity index (χ1v) is 8.01. The average molecular weight is 291 g/mol. The summed E-state index contributed by atoms with van der Waals surface area (Å²) >= 11 is 0. The first kappa shape index (κ1) is 17.7. The van der Waals surface area contributed by atoms with E-state index in [1.165, 1.54) is 43.9 Å². The van der Waals surface area contributed by atoms with Gasteiger partial charge in [0.05, 0.1) is 13.5 Å². The number of aryl methyl sites for hydroxylation is 1. The number of hydrogen-bond acceptors (Lipinski definition) is 3. The van der Waals surface area contributed by atoms with Gasteiger partial charge in [0, 0.05) is 6.04 Å². The highest BCUT2D eigenvalue weighted by Gasteiger charge is 2.14. The topological polar surface area (TPSA) is 38.3 Å². The van der Waals surface area contributed by atoms with Gasteiger partial charge in [-0.1, -0.05) is 56.0 Å². The van der Waals surface area contributed by atoms with Crippen molar-refractivity contribution < 1.29 is 9.53 Å². The number of methoxy groups -OCH3 is 1. The van der Waals surface area contributed by atoms with E-state index in [0.717, 1.165) is 13.0 Å².